The third-order valence-corrected chi connectivity index (χ3v) is 4.50. The van der Waals surface area contributed by atoms with Gasteiger partial charge in [-0.1, -0.05) is 13.8 Å². The number of aryl methyl sites for hydroxylation is 1. The summed E-state index contributed by atoms with van der Waals surface area (Å²) in [6, 6.07) is 7.33. The van der Waals surface area contributed by atoms with Crippen molar-refractivity contribution >= 4 is 11.4 Å². The van der Waals surface area contributed by atoms with Gasteiger partial charge < -0.3 is 10.2 Å². The van der Waals surface area contributed by atoms with E-state index in [1.807, 2.05) is 0 Å². The fraction of sp³-hybridized carbons (Fsp3) is 0.647. The number of nitrogens with one attached hydrogen (secondary N) is 1. The lowest BCUT2D eigenvalue weighted by Gasteiger charge is -2.34. The van der Waals surface area contributed by atoms with E-state index in [0.29, 0.717) is 6.04 Å². The summed E-state index contributed by atoms with van der Waals surface area (Å²) in [5, 5.41) is 3.77. The van der Waals surface area contributed by atoms with Crippen molar-refractivity contribution in [3.8, 4) is 0 Å². The van der Waals surface area contributed by atoms with Crippen molar-refractivity contribution in [2.45, 2.75) is 46.1 Å². The Morgan fingerprint density at radius 3 is 2.47 bits per heavy atom. The topological polar surface area (TPSA) is 15.3 Å². The standard InChI is InChI=1S/C17H28N2/c1-12-6-8-16(13(2)10-12)18-17-9-7-15(19(4)5)11-14(17)3/h7,9,11-13,16,18H,6,8,10H2,1-5H3. The monoisotopic (exact) mass is 260 g/mol. The molecule has 3 unspecified atom stereocenters. The molecule has 106 valence electrons. The highest BCUT2D eigenvalue weighted by molar-refractivity contribution is 5.60. The third-order valence-electron chi connectivity index (χ3n) is 4.50. The third kappa shape index (κ3) is 3.43. The highest BCUT2D eigenvalue weighted by atomic mass is 15.1. The van der Waals surface area contributed by atoms with Crippen LogP contribution in [-0.4, -0.2) is 20.1 Å². The maximum absolute atomic E-state index is 3.77. The summed E-state index contributed by atoms with van der Waals surface area (Å²) in [7, 11) is 4.18. The molecule has 1 fully saturated rings. The van der Waals surface area contributed by atoms with Crippen LogP contribution in [-0.2, 0) is 0 Å². The molecule has 0 saturated heterocycles. The molecule has 2 nitrogen and oxygen atoms in total. The van der Waals surface area contributed by atoms with Crippen LogP contribution in [0.5, 0.6) is 0 Å². The minimum absolute atomic E-state index is 0.639. The normalized spacial score (nSPS) is 27.1. The number of hydrogen-bond acceptors (Lipinski definition) is 2. The van der Waals surface area contributed by atoms with E-state index in [1.54, 1.807) is 0 Å². The first-order valence-electron chi connectivity index (χ1n) is 7.52. The number of rotatable bonds is 3. The molecule has 2 heteroatoms. The summed E-state index contributed by atoms with van der Waals surface area (Å²) in [6.07, 6.45) is 4.01. The Labute approximate surface area is 118 Å². The minimum atomic E-state index is 0.639. The molecular formula is C17H28N2. The quantitative estimate of drug-likeness (QED) is 0.871. The second kappa shape index (κ2) is 5.85. The van der Waals surface area contributed by atoms with Crippen molar-refractivity contribution in [1.29, 1.82) is 0 Å². The Kier molecular flexibility index (Phi) is 4.38. The summed E-state index contributed by atoms with van der Waals surface area (Å²) >= 11 is 0. The van der Waals surface area contributed by atoms with Gasteiger partial charge in [0.1, 0.15) is 0 Å². The molecule has 3 atom stereocenters. The fourth-order valence-electron chi connectivity index (χ4n) is 3.17. The van der Waals surface area contributed by atoms with Crippen molar-refractivity contribution in [2.24, 2.45) is 11.8 Å². The van der Waals surface area contributed by atoms with Crippen LogP contribution >= 0.6 is 0 Å². The van der Waals surface area contributed by atoms with Crippen molar-refractivity contribution in [3.63, 3.8) is 0 Å². The van der Waals surface area contributed by atoms with Gasteiger partial charge in [-0.2, -0.15) is 0 Å². The predicted octanol–water partition coefficient (Wildman–Crippen LogP) is 4.30. The minimum Gasteiger partial charge on any atom is -0.382 e. The second-order valence-corrected chi connectivity index (χ2v) is 6.54. The number of anilines is 2. The smallest absolute Gasteiger partial charge is 0.0373 e. The van der Waals surface area contributed by atoms with E-state index in [1.165, 1.54) is 36.2 Å². The summed E-state index contributed by atoms with van der Waals surface area (Å²) in [5.41, 5.74) is 3.92. The van der Waals surface area contributed by atoms with Crippen LogP contribution < -0.4 is 10.2 Å². The van der Waals surface area contributed by atoms with E-state index >= 15 is 0 Å². The van der Waals surface area contributed by atoms with Gasteiger partial charge in [-0.05, 0) is 61.8 Å². The molecular weight excluding hydrogens is 232 g/mol. The zero-order valence-corrected chi connectivity index (χ0v) is 13.0. The highest BCUT2D eigenvalue weighted by Gasteiger charge is 2.25. The molecule has 0 amide bonds. The maximum atomic E-state index is 3.77. The second-order valence-electron chi connectivity index (χ2n) is 6.54. The van der Waals surface area contributed by atoms with Gasteiger partial charge in [0.15, 0.2) is 0 Å². The fourth-order valence-corrected chi connectivity index (χ4v) is 3.17. The van der Waals surface area contributed by atoms with E-state index in [4.69, 9.17) is 0 Å². The van der Waals surface area contributed by atoms with Gasteiger partial charge in [-0.15, -0.1) is 0 Å². The zero-order valence-electron chi connectivity index (χ0n) is 13.0. The first kappa shape index (κ1) is 14.2. The largest absolute Gasteiger partial charge is 0.382 e. The Morgan fingerprint density at radius 1 is 1.16 bits per heavy atom. The molecule has 1 aliphatic carbocycles. The first-order valence-corrected chi connectivity index (χ1v) is 7.52. The molecule has 0 aliphatic heterocycles. The average Bonchev–Trinajstić information content (AvgIpc) is 2.34. The predicted molar refractivity (Wildman–Crippen MR) is 85.1 cm³/mol. The van der Waals surface area contributed by atoms with Crippen LogP contribution in [0.1, 0.15) is 38.7 Å². The van der Waals surface area contributed by atoms with Gasteiger partial charge in [-0.25, -0.2) is 0 Å². The molecule has 0 aromatic heterocycles. The lowest BCUT2D eigenvalue weighted by Crippen LogP contribution is -2.33. The molecule has 1 saturated carbocycles. The molecule has 0 spiro atoms. The van der Waals surface area contributed by atoms with E-state index in [-0.39, 0.29) is 0 Å². The summed E-state index contributed by atoms with van der Waals surface area (Å²) in [4.78, 5) is 2.15. The lowest BCUT2D eigenvalue weighted by atomic mass is 9.80. The average molecular weight is 260 g/mol. The Balaban J connectivity index is 2.07. The first-order chi connectivity index (χ1) is 8.97. The van der Waals surface area contributed by atoms with Gasteiger partial charge in [0.25, 0.3) is 0 Å². The number of nitrogens with zero attached hydrogens (tertiary/aromatic N) is 1. The molecule has 1 aromatic carbocycles. The van der Waals surface area contributed by atoms with Crippen molar-refractivity contribution in [1.82, 2.24) is 0 Å². The van der Waals surface area contributed by atoms with Gasteiger partial charge in [0.2, 0.25) is 0 Å². The SMILES string of the molecule is Cc1cc(N(C)C)ccc1NC1CCC(C)CC1C. The van der Waals surface area contributed by atoms with Crippen LogP contribution in [0.25, 0.3) is 0 Å². The maximum Gasteiger partial charge on any atom is 0.0373 e. The summed E-state index contributed by atoms with van der Waals surface area (Å²) < 4.78 is 0. The van der Waals surface area contributed by atoms with E-state index in [9.17, 15) is 0 Å². The molecule has 1 aromatic rings. The van der Waals surface area contributed by atoms with Crippen LogP contribution in [0.2, 0.25) is 0 Å². The zero-order chi connectivity index (χ0) is 14.0. The molecule has 1 aliphatic rings. The van der Waals surface area contributed by atoms with Crippen LogP contribution in [0.3, 0.4) is 0 Å². The van der Waals surface area contributed by atoms with Crippen molar-refractivity contribution < 1.29 is 0 Å². The van der Waals surface area contributed by atoms with Crippen LogP contribution in [0.4, 0.5) is 11.4 Å². The lowest BCUT2D eigenvalue weighted by molar-refractivity contribution is 0.276. The highest BCUT2D eigenvalue weighted by Crippen LogP contribution is 2.32. The molecule has 0 radical (unpaired) electrons. The molecule has 0 bridgehead atoms. The van der Waals surface area contributed by atoms with Gasteiger partial charge in [0.05, 0.1) is 0 Å². The molecule has 0 heterocycles. The van der Waals surface area contributed by atoms with Crippen LogP contribution in [0, 0.1) is 18.8 Å². The Morgan fingerprint density at radius 2 is 1.89 bits per heavy atom. The van der Waals surface area contributed by atoms with Crippen LogP contribution in [0.15, 0.2) is 18.2 Å². The number of hydrogen-bond donors (Lipinski definition) is 1. The molecule has 2 rings (SSSR count). The van der Waals surface area contributed by atoms with E-state index in [2.05, 4.69) is 63.3 Å². The van der Waals surface area contributed by atoms with E-state index in [0.717, 1.165) is 11.8 Å². The number of benzene rings is 1. The van der Waals surface area contributed by atoms with Gasteiger partial charge >= 0.3 is 0 Å². The van der Waals surface area contributed by atoms with Gasteiger partial charge in [0, 0.05) is 31.5 Å². The van der Waals surface area contributed by atoms with E-state index < -0.39 is 0 Å². The molecule has 19 heavy (non-hydrogen) atoms. The van der Waals surface area contributed by atoms with Crippen molar-refractivity contribution in [2.75, 3.05) is 24.3 Å². The Hall–Kier alpha value is -1.18. The van der Waals surface area contributed by atoms with Crippen molar-refractivity contribution in [3.05, 3.63) is 23.8 Å². The molecule has 1 N–H and O–H groups in total. The Bertz CT molecular complexity index is 425. The summed E-state index contributed by atoms with van der Waals surface area (Å²) in [5.74, 6) is 1.67. The van der Waals surface area contributed by atoms with Gasteiger partial charge in [-0.3, -0.25) is 0 Å². The summed E-state index contributed by atoms with van der Waals surface area (Å²) in [6.45, 7) is 6.96.